The Balaban J connectivity index is 2.20. The molecule has 0 saturated carbocycles. The van der Waals surface area contributed by atoms with Crippen molar-refractivity contribution in [1.29, 1.82) is 0 Å². The lowest BCUT2D eigenvalue weighted by molar-refractivity contribution is -0.117. The van der Waals surface area contributed by atoms with Crippen LogP contribution in [0.4, 0.5) is 5.69 Å². The number of methoxy groups -OCH3 is 2. The third-order valence-corrected chi connectivity index (χ3v) is 6.97. The molecule has 3 aromatic rings. The maximum absolute atomic E-state index is 13.6. The van der Waals surface area contributed by atoms with Crippen LogP contribution in [0.2, 0.25) is 0 Å². The van der Waals surface area contributed by atoms with Crippen LogP contribution in [0, 0.1) is 0 Å². The van der Waals surface area contributed by atoms with Crippen molar-refractivity contribution >= 4 is 43.2 Å². The van der Waals surface area contributed by atoms with Crippen molar-refractivity contribution in [2.45, 2.75) is 31.1 Å². The Morgan fingerprint density at radius 3 is 2.57 bits per heavy atom. The largest absolute Gasteiger partial charge is 0.497 e. The van der Waals surface area contributed by atoms with E-state index in [-0.39, 0.29) is 22.8 Å². The van der Waals surface area contributed by atoms with Crippen molar-refractivity contribution in [3.63, 3.8) is 0 Å². The lowest BCUT2D eigenvalue weighted by Crippen LogP contribution is -2.37. The Labute approximate surface area is 177 Å². The second-order valence-corrected chi connectivity index (χ2v) is 9.10. The molecule has 30 heavy (non-hydrogen) atoms. The summed E-state index contributed by atoms with van der Waals surface area (Å²) in [7, 11) is -1.59. The number of fused-ring (bicyclic) bond motifs is 1. The van der Waals surface area contributed by atoms with Gasteiger partial charge >= 0.3 is 4.94 Å². The van der Waals surface area contributed by atoms with E-state index in [2.05, 4.69) is 0 Å². The van der Waals surface area contributed by atoms with Crippen molar-refractivity contribution in [2.24, 2.45) is 0 Å². The number of rotatable bonds is 8. The molecule has 10 heteroatoms. The van der Waals surface area contributed by atoms with E-state index in [0.717, 1.165) is 22.1 Å². The summed E-state index contributed by atoms with van der Waals surface area (Å²) < 4.78 is 43.8. The summed E-state index contributed by atoms with van der Waals surface area (Å²) in [4.78, 5) is 23.8. The molecule has 1 heterocycles. The van der Waals surface area contributed by atoms with Crippen molar-refractivity contribution in [3.05, 3.63) is 46.1 Å². The maximum atomic E-state index is 13.6. The van der Waals surface area contributed by atoms with E-state index in [1.165, 1.54) is 44.6 Å². The summed E-state index contributed by atoms with van der Waals surface area (Å²) >= 11 is 0.834. The molecule has 0 spiro atoms. The number of ether oxygens (including phenoxy) is 2. The highest BCUT2D eigenvalue weighted by molar-refractivity contribution is 7.93. The van der Waals surface area contributed by atoms with Gasteiger partial charge in [-0.3, -0.25) is 4.79 Å². The normalized spacial score (nSPS) is 11.4. The van der Waals surface area contributed by atoms with E-state index in [9.17, 15) is 18.0 Å². The standard InChI is InChI=1S/C20H21NO7S2/c1-4-5-6-19(22)21(13-7-9-15-17(11-13)29-20(23)28-15)30(24,25)18-12-14(26-2)8-10-16(18)27-3/h7-12H,4-6H2,1-3H3. The monoisotopic (exact) mass is 451 g/mol. The first-order valence-electron chi connectivity index (χ1n) is 9.15. The van der Waals surface area contributed by atoms with Crippen LogP contribution in [0.3, 0.4) is 0 Å². The van der Waals surface area contributed by atoms with Gasteiger partial charge < -0.3 is 13.9 Å². The van der Waals surface area contributed by atoms with Gasteiger partial charge in [-0.2, -0.15) is 0 Å². The highest BCUT2D eigenvalue weighted by atomic mass is 32.2. The van der Waals surface area contributed by atoms with E-state index in [0.29, 0.717) is 22.5 Å². The fourth-order valence-electron chi connectivity index (χ4n) is 2.92. The molecule has 0 fully saturated rings. The summed E-state index contributed by atoms with van der Waals surface area (Å²) in [6.07, 6.45) is 1.30. The summed E-state index contributed by atoms with van der Waals surface area (Å²) in [5.74, 6) is -0.200. The minimum absolute atomic E-state index is 0.0433. The fraction of sp³-hybridized carbons (Fsp3) is 0.300. The van der Waals surface area contributed by atoms with Gasteiger partial charge in [0.15, 0.2) is 0 Å². The van der Waals surface area contributed by atoms with Gasteiger partial charge in [0.2, 0.25) is 5.91 Å². The molecule has 0 saturated heterocycles. The smallest absolute Gasteiger partial charge is 0.396 e. The van der Waals surface area contributed by atoms with Crippen LogP contribution in [0.1, 0.15) is 26.2 Å². The van der Waals surface area contributed by atoms with Crippen molar-refractivity contribution in [1.82, 2.24) is 0 Å². The zero-order valence-electron chi connectivity index (χ0n) is 16.7. The van der Waals surface area contributed by atoms with Crippen LogP contribution in [-0.2, 0) is 14.8 Å². The molecule has 3 rings (SSSR count). The Hall–Kier alpha value is -2.85. The molecule has 0 aliphatic rings. The minimum Gasteiger partial charge on any atom is -0.497 e. The second kappa shape index (κ2) is 8.88. The minimum atomic E-state index is -4.35. The average Bonchev–Trinajstić information content (AvgIpc) is 3.11. The Morgan fingerprint density at radius 1 is 1.13 bits per heavy atom. The molecule has 0 aliphatic carbocycles. The first-order chi connectivity index (χ1) is 14.3. The number of sulfonamides is 1. The van der Waals surface area contributed by atoms with Gasteiger partial charge in [-0.1, -0.05) is 24.7 Å². The first kappa shape index (κ1) is 21.8. The molecule has 160 valence electrons. The highest BCUT2D eigenvalue weighted by Gasteiger charge is 2.33. The van der Waals surface area contributed by atoms with E-state index in [4.69, 9.17) is 13.9 Å². The number of benzene rings is 2. The van der Waals surface area contributed by atoms with Gasteiger partial charge in [0.25, 0.3) is 10.0 Å². The van der Waals surface area contributed by atoms with Crippen LogP contribution in [0.15, 0.2) is 50.5 Å². The number of anilines is 1. The SMILES string of the molecule is CCCCC(=O)N(c1ccc2oc(=O)sc2c1)S(=O)(=O)c1cc(OC)ccc1OC. The molecule has 0 radical (unpaired) electrons. The fourth-order valence-corrected chi connectivity index (χ4v) is 5.24. The van der Waals surface area contributed by atoms with Gasteiger partial charge in [-0.15, -0.1) is 0 Å². The Bertz CT molecular complexity index is 1230. The van der Waals surface area contributed by atoms with Crippen LogP contribution in [0.5, 0.6) is 11.5 Å². The Kier molecular flexibility index (Phi) is 6.47. The number of carbonyl (C=O) groups excluding carboxylic acids is 1. The van der Waals surface area contributed by atoms with Crippen molar-refractivity contribution in [3.8, 4) is 11.5 Å². The lowest BCUT2D eigenvalue weighted by Gasteiger charge is -2.24. The van der Waals surface area contributed by atoms with Crippen molar-refractivity contribution in [2.75, 3.05) is 18.5 Å². The number of carbonyl (C=O) groups is 1. The third-order valence-electron chi connectivity index (χ3n) is 4.41. The predicted octanol–water partition coefficient (Wildman–Crippen LogP) is 3.78. The summed E-state index contributed by atoms with van der Waals surface area (Å²) in [6, 6.07) is 8.70. The molecule has 2 aromatic carbocycles. The van der Waals surface area contributed by atoms with E-state index in [1.807, 2.05) is 6.92 Å². The molecule has 1 amide bonds. The quantitative estimate of drug-likeness (QED) is 0.513. The molecule has 0 aliphatic heterocycles. The summed E-state index contributed by atoms with van der Waals surface area (Å²) in [5, 5.41) is 0. The Morgan fingerprint density at radius 2 is 1.90 bits per heavy atom. The molecular formula is C20H21NO7S2. The number of unbranched alkanes of at least 4 members (excludes halogenated alkanes) is 1. The van der Waals surface area contributed by atoms with Crippen LogP contribution in [-0.4, -0.2) is 28.5 Å². The molecule has 1 aromatic heterocycles. The van der Waals surface area contributed by atoms with E-state index < -0.39 is 20.9 Å². The maximum Gasteiger partial charge on any atom is 0.396 e. The lowest BCUT2D eigenvalue weighted by atomic mass is 10.2. The van der Waals surface area contributed by atoms with Gasteiger partial charge in [-0.05, 0) is 36.8 Å². The van der Waals surface area contributed by atoms with E-state index in [1.54, 1.807) is 6.07 Å². The first-order valence-corrected chi connectivity index (χ1v) is 11.4. The zero-order chi connectivity index (χ0) is 21.9. The number of hydrogen-bond acceptors (Lipinski definition) is 8. The molecule has 0 N–H and O–H groups in total. The van der Waals surface area contributed by atoms with Gasteiger partial charge in [0.1, 0.15) is 22.0 Å². The summed E-state index contributed by atoms with van der Waals surface area (Å²) in [5.41, 5.74) is 0.441. The number of hydrogen-bond donors (Lipinski definition) is 0. The summed E-state index contributed by atoms with van der Waals surface area (Å²) in [6.45, 7) is 1.91. The zero-order valence-corrected chi connectivity index (χ0v) is 18.3. The van der Waals surface area contributed by atoms with E-state index >= 15 is 0 Å². The molecule has 0 atom stereocenters. The number of nitrogens with zero attached hydrogens (tertiary/aromatic N) is 1. The highest BCUT2D eigenvalue weighted by Crippen LogP contribution is 2.35. The molecule has 0 bridgehead atoms. The molecule has 8 nitrogen and oxygen atoms in total. The van der Waals surface area contributed by atoms with Crippen LogP contribution >= 0.6 is 11.3 Å². The topological polar surface area (TPSA) is 103 Å². The van der Waals surface area contributed by atoms with Gasteiger partial charge in [0, 0.05) is 12.5 Å². The molecule has 0 unspecified atom stereocenters. The predicted molar refractivity (Wildman–Crippen MR) is 114 cm³/mol. The van der Waals surface area contributed by atoms with Crippen LogP contribution in [0.25, 0.3) is 10.3 Å². The average molecular weight is 452 g/mol. The van der Waals surface area contributed by atoms with Gasteiger partial charge in [-0.25, -0.2) is 17.5 Å². The van der Waals surface area contributed by atoms with Crippen LogP contribution < -0.4 is 18.7 Å². The third kappa shape index (κ3) is 4.19. The molecular weight excluding hydrogens is 430 g/mol. The van der Waals surface area contributed by atoms with Gasteiger partial charge in [0.05, 0.1) is 24.6 Å². The van der Waals surface area contributed by atoms with Crippen molar-refractivity contribution < 1.29 is 27.1 Å². The second-order valence-electron chi connectivity index (χ2n) is 6.37. The number of amides is 1.